The predicted molar refractivity (Wildman–Crippen MR) is 65.2 cm³/mol. The first-order chi connectivity index (χ1) is 8.23. The van der Waals surface area contributed by atoms with Crippen LogP contribution in [0.4, 0.5) is 13.2 Å². The highest BCUT2D eigenvalue weighted by Crippen LogP contribution is 2.45. The van der Waals surface area contributed by atoms with Gasteiger partial charge in [0, 0.05) is 11.1 Å². The molecule has 0 amide bonds. The van der Waals surface area contributed by atoms with Crippen LogP contribution in [0.2, 0.25) is 0 Å². The molecule has 2 nitrogen and oxygen atoms in total. The SMILES string of the molecule is CC1CCC(C)C(N)(c2cnc(C(F)(F)F)s2)C1. The highest BCUT2D eigenvalue weighted by molar-refractivity contribution is 7.11. The summed E-state index contributed by atoms with van der Waals surface area (Å²) in [6.45, 7) is 4.11. The maximum atomic E-state index is 12.6. The molecule has 1 aliphatic rings. The Morgan fingerprint density at radius 1 is 1.39 bits per heavy atom. The zero-order valence-electron chi connectivity index (χ0n) is 10.4. The Kier molecular flexibility index (Phi) is 3.44. The van der Waals surface area contributed by atoms with Gasteiger partial charge in [-0.1, -0.05) is 20.3 Å². The molecule has 2 N–H and O–H groups in total. The van der Waals surface area contributed by atoms with Crippen LogP contribution in [0.5, 0.6) is 0 Å². The van der Waals surface area contributed by atoms with Crippen LogP contribution in [-0.4, -0.2) is 4.98 Å². The summed E-state index contributed by atoms with van der Waals surface area (Å²) in [4.78, 5) is 4.04. The molecule has 0 saturated heterocycles. The zero-order valence-corrected chi connectivity index (χ0v) is 11.2. The van der Waals surface area contributed by atoms with E-state index >= 15 is 0 Å². The van der Waals surface area contributed by atoms with Gasteiger partial charge < -0.3 is 5.73 Å². The van der Waals surface area contributed by atoms with Gasteiger partial charge in [0.15, 0.2) is 5.01 Å². The van der Waals surface area contributed by atoms with Gasteiger partial charge >= 0.3 is 6.18 Å². The summed E-state index contributed by atoms with van der Waals surface area (Å²) in [6.07, 6.45) is -0.291. The first kappa shape index (κ1) is 13.8. The lowest BCUT2D eigenvalue weighted by Gasteiger charge is -2.41. The van der Waals surface area contributed by atoms with E-state index in [1.54, 1.807) is 0 Å². The Hall–Kier alpha value is -0.620. The van der Waals surface area contributed by atoms with E-state index in [0.717, 1.165) is 19.3 Å². The molecule has 1 aromatic rings. The molecule has 1 heterocycles. The molecule has 3 atom stereocenters. The van der Waals surface area contributed by atoms with E-state index in [9.17, 15) is 13.2 Å². The molecule has 0 aliphatic heterocycles. The monoisotopic (exact) mass is 278 g/mol. The van der Waals surface area contributed by atoms with E-state index in [-0.39, 0.29) is 5.92 Å². The Bertz CT molecular complexity index is 429. The maximum absolute atomic E-state index is 12.6. The summed E-state index contributed by atoms with van der Waals surface area (Å²) in [5, 5.41) is -0.798. The fourth-order valence-electron chi connectivity index (χ4n) is 2.64. The quantitative estimate of drug-likeness (QED) is 0.849. The number of halogens is 3. The van der Waals surface area contributed by atoms with Gasteiger partial charge in [-0.2, -0.15) is 13.2 Å². The molecule has 1 fully saturated rings. The van der Waals surface area contributed by atoms with Crippen LogP contribution in [0.1, 0.15) is 43.0 Å². The van der Waals surface area contributed by atoms with Crippen LogP contribution in [-0.2, 0) is 11.7 Å². The lowest BCUT2D eigenvalue weighted by molar-refractivity contribution is -0.137. The molecule has 1 saturated carbocycles. The summed E-state index contributed by atoms with van der Waals surface area (Å²) in [6, 6.07) is 0. The number of hydrogen-bond donors (Lipinski definition) is 1. The van der Waals surface area contributed by atoms with Crippen molar-refractivity contribution in [1.82, 2.24) is 4.98 Å². The van der Waals surface area contributed by atoms with Gasteiger partial charge in [-0.3, -0.25) is 0 Å². The predicted octanol–water partition coefficient (Wildman–Crippen LogP) is 3.77. The van der Waals surface area contributed by atoms with Gasteiger partial charge in [0.25, 0.3) is 0 Å². The second-order valence-corrected chi connectivity index (χ2v) is 6.39. The minimum atomic E-state index is -4.37. The number of nitrogens with zero attached hydrogens (tertiary/aromatic N) is 1. The lowest BCUT2D eigenvalue weighted by atomic mass is 9.70. The van der Waals surface area contributed by atoms with Gasteiger partial charge in [0.05, 0.1) is 5.54 Å². The second kappa shape index (κ2) is 4.49. The average molecular weight is 278 g/mol. The molecule has 1 aromatic heterocycles. The van der Waals surface area contributed by atoms with Crippen LogP contribution >= 0.6 is 11.3 Å². The highest BCUT2D eigenvalue weighted by atomic mass is 32.1. The summed E-state index contributed by atoms with van der Waals surface area (Å²) in [7, 11) is 0. The molecule has 2 rings (SSSR count). The van der Waals surface area contributed by atoms with Crippen molar-refractivity contribution in [2.75, 3.05) is 0 Å². The smallest absolute Gasteiger partial charge is 0.320 e. The Morgan fingerprint density at radius 2 is 2.06 bits per heavy atom. The van der Waals surface area contributed by atoms with Crippen molar-refractivity contribution in [3.63, 3.8) is 0 Å². The minimum absolute atomic E-state index is 0.190. The first-order valence-electron chi connectivity index (χ1n) is 6.06. The third kappa shape index (κ3) is 2.40. The van der Waals surface area contributed by atoms with Crippen LogP contribution in [0.3, 0.4) is 0 Å². The van der Waals surface area contributed by atoms with Crippen molar-refractivity contribution in [2.24, 2.45) is 17.6 Å². The summed E-state index contributed by atoms with van der Waals surface area (Å²) < 4.78 is 37.7. The molecule has 1 aliphatic carbocycles. The number of nitrogens with two attached hydrogens (primary N) is 1. The lowest BCUT2D eigenvalue weighted by Crippen LogP contribution is -2.46. The Balaban J connectivity index is 2.32. The fourth-order valence-corrected chi connectivity index (χ4v) is 3.65. The molecule has 0 aromatic carbocycles. The molecule has 6 heteroatoms. The van der Waals surface area contributed by atoms with Gasteiger partial charge in [0.2, 0.25) is 0 Å². The van der Waals surface area contributed by atoms with Crippen LogP contribution in [0.25, 0.3) is 0 Å². The van der Waals surface area contributed by atoms with Crippen molar-refractivity contribution in [2.45, 2.75) is 44.8 Å². The topological polar surface area (TPSA) is 38.9 Å². The zero-order chi connectivity index (χ0) is 13.6. The molecule has 0 spiro atoms. The van der Waals surface area contributed by atoms with Gasteiger partial charge in [-0.25, -0.2) is 4.98 Å². The van der Waals surface area contributed by atoms with Crippen molar-refractivity contribution in [3.05, 3.63) is 16.1 Å². The number of aromatic nitrogens is 1. The van der Waals surface area contributed by atoms with Crippen LogP contribution in [0.15, 0.2) is 6.20 Å². The third-order valence-electron chi connectivity index (χ3n) is 3.87. The molecule has 3 unspecified atom stereocenters. The largest absolute Gasteiger partial charge is 0.443 e. The normalized spacial score (nSPS) is 33.7. The van der Waals surface area contributed by atoms with Crippen molar-refractivity contribution in [3.8, 4) is 0 Å². The van der Waals surface area contributed by atoms with Crippen molar-refractivity contribution in [1.29, 1.82) is 0 Å². The summed E-state index contributed by atoms with van der Waals surface area (Å²) >= 11 is 0.690. The Morgan fingerprint density at radius 3 is 2.61 bits per heavy atom. The van der Waals surface area contributed by atoms with Gasteiger partial charge in [-0.15, -0.1) is 11.3 Å². The van der Waals surface area contributed by atoms with E-state index in [1.165, 1.54) is 6.20 Å². The first-order valence-corrected chi connectivity index (χ1v) is 6.87. The van der Waals surface area contributed by atoms with E-state index in [4.69, 9.17) is 5.73 Å². The van der Waals surface area contributed by atoms with Crippen molar-refractivity contribution >= 4 is 11.3 Å². The molecule has 18 heavy (non-hydrogen) atoms. The Labute approximate surface area is 108 Å². The van der Waals surface area contributed by atoms with E-state index in [0.29, 0.717) is 22.1 Å². The van der Waals surface area contributed by atoms with Gasteiger partial charge in [0.1, 0.15) is 0 Å². The fraction of sp³-hybridized carbons (Fsp3) is 0.750. The van der Waals surface area contributed by atoms with Crippen molar-refractivity contribution < 1.29 is 13.2 Å². The maximum Gasteiger partial charge on any atom is 0.443 e. The molecular weight excluding hydrogens is 261 g/mol. The number of hydrogen-bond acceptors (Lipinski definition) is 3. The molecule has 0 bridgehead atoms. The average Bonchev–Trinajstić information content (AvgIpc) is 2.73. The van der Waals surface area contributed by atoms with Gasteiger partial charge in [-0.05, 0) is 24.7 Å². The number of rotatable bonds is 1. The summed E-state index contributed by atoms with van der Waals surface area (Å²) in [5.74, 6) is 0.637. The van der Waals surface area contributed by atoms with Crippen LogP contribution < -0.4 is 5.73 Å². The van der Waals surface area contributed by atoms with E-state index in [2.05, 4.69) is 11.9 Å². The van der Waals surface area contributed by atoms with E-state index in [1.807, 2.05) is 6.92 Å². The van der Waals surface area contributed by atoms with E-state index < -0.39 is 16.7 Å². The minimum Gasteiger partial charge on any atom is -0.320 e. The molecule has 102 valence electrons. The second-order valence-electron chi connectivity index (χ2n) is 5.36. The molecule has 0 radical (unpaired) electrons. The summed E-state index contributed by atoms with van der Waals surface area (Å²) in [5.41, 5.74) is 5.72. The third-order valence-corrected chi connectivity index (χ3v) is 5.10. The highest BCUT2D eigenvalue weighted by Gasteiger charge is 2.42. The standard InChI is InChI=1S/C12H17F3N2S/c1-7-3-4-8(2)11(16,5-7)9-6-17-10(18-9)12(13,14)15/h6-8H,3-5,16H2,1-2H3. The molecular formula is C12H17F3N2S. The van der Waals surface area contributed by atoms with Crippen LogP contribution in [0, 0.1) is 11.8 Å². The number of alkyl halides is 3. The number of thiazole rings is 1.